The second kappa shape index (κ2) is 8.64. The van der Waals surface area contributed by atoms with Crippen molar-refractivity contribution in [2.45, 2.75) is 5.75 Å². The average Bonchev–Trinajstić information content (AvgIpc) is 2.59. The lowest BCUT2D eigenvalue weighted by atomic mass is 10.1. The van der Waals surface area contributed by atoms with Gasteiger partial charge in [-0.05, 0) is 35.9 Å². The summed E-state index contributed by atoms with van der Waals surface area (Å²) in [5.41, 5.74) is 5.98. The van der Waals surface area contributed by atoms with E-state index in [-0.39, 0.29) is 5.56 Å². The van der Waals surface area contributed by atoms with E-state index < -0.39 is 22.6 Å². The van der Waals surface area contributed by atoms with Crippen LogP contribution in [0.2, 0.25) is 5.02 Å². The summed E-state index contributed by atoms with van der Waals surface area (Å²) < 4.78 is 16.4. The number of nitrogens with one attached hydrogen (secondary N) is 2. The van der Waals surface area contributed by atoms with E-state index in [1.54, 1.807) is 42.7 Å². The summed E-state index contributed by atoms with van der Waals surface area (Å²) in [6.07, 6.45) is 1.59. The van der Waals surface area contributed by atoms with Crippen molar-refractivity contribution in [1.82, 2.24) is 10.9 Å². The Morgan fingerprint density at radius 3 is 2.52 bits per heavy atom. The highest BCUT2D eigenvalue weighted by atomic mass is 35.5. The van der Waals surface area contributed by atoms with Crippen LogP contribution >= 0.6 is 11.6 Å². The topological polar surface area (TPSA) is 84.5 Å². The van der Waals surface area contributed by atoms with E-state index in [0.717, 1.165) is 5.56 Å². The average molecular weight is 381 g/mol. The minimum Gasteiger partial charge on any atom is -0.496 e. The number of methoxy groups -OCH3 is 1. The molecule has 2 rings (SSSR count). The summed E-state index contributed by atoms with van der Waals surface area (Å²) in [5.74, 6) is -0.354. The van der Waals surface area contributed by atoms with Crippen molar-refractivity contribution in [1.29, 1.82) is 0 Å². The van der Waals surface area contributed by atoms with Crippen molar-refractivity contribution in [3.8, 4) is 5.75 Å². The van der Waals surface area contributed by atoms with E-state index in [1.165, 1.54) is 13.2 Å². The Balaban J connectivity index is 2.06. The Bertz CT molecular complexity index is 826. The number of amides is 2. The molecule has 2 N–H and O–H groups in total. The SMILES string of the molecule is COc1ccc(Cl)cc1C(=O)NNC(=O)c1cccc(C[S@@](C)=O)c1. The predicted octanol–water partition coefficient (Wildman–Crippen LogP) is 2.30. The Morgan fingerprint density at radius 1 is 1.12 bits per heavy atom. The zero-order chi connectivity index (χ0) is 18.4. The lowest BCUT2D eigenvalue weighted by molar-refractivity contribution is 0.0845. The van der Waals surface area contributed by atoms with Gasteiger partial charge in [0, 0.05) is 33.4 Å². The van der Waals surface area contributed by atoms with Gasteiger partial charge in [0.1, 0.15) is 5.75 Å². The summed E-state index contributed by atoms with van der Waals surface area (Å²) in [5, 5.41) is 0.373. The molecule has 0 aliphatic rings. The molecular weight excluding hydrogens is 364 g/mol. The fourth-order valence-electron chi connectivity index (χ4n) is 2.15. The van der Waals surface area contributed by atoms with Crippen LogP contribution in [0.25, 0.3) is 0 Å². The van der Waals surface area contributed by atoms with Crippen LogP contribution in [-0.2, 0) is 16.6 Å². The molecule has 2 aromatic rings. The summed E-state index contributed by atoms with van der Waals surface area (Å²) in [6, 6.07) is 11.3. The second-order valence-corrected chi connectivity index (χ2v) is 7.04. The molecule has 0 bridgehead atoms. The van der Waals surface area contributed by atoms with Crippen LogP contribution in [-0.4, -0.2) is 29.4 Å². The summed E-state index contributed by atoms with van der Waals surface area (Å²) >= 11 is 5.89. The molecule has 2 amide bonds. The molecule has 0 heterocycles. The van der Waals surface area contributed by atoms with Crippen molar-refractivity contribution >= 4 is 34.2 Å². The molecule has 0 fully saturated rings. The molecule has 0 radical (unpaired) electrons. The molecule has 25 heavy (non-hydrogen) atoms. The van der Waals surface area contributed by atoms with Gasteiger partial charge in [0.2, 0.25) is 0 Å². The molecular formula is C17H17ClN2O4S. The molecule has 0 spiro atoms. The largest absolute Gasteiger partial charge is 0.496 e. The molecule has 0 aliphatic carbocycles. The van der Waals surface area contributed by atoms with Crippen molar-refractivity contribution in [2.24, 2.45) is 0 Å². The minimum atomic E-state index is -1.01. The molecule has 132 valence electrons. The molecule has 8 heteroatoms. The van der Waals surface area contributed by atoms with Crippen molar-refractivity contribution in [3.05, 3.63) is 64.2 Å². The quantitative estimate of drug-likeness (QED) is 0.779. The number of hydrazine groups is 1. The Hall–Kier alpha value is -2.38. The van der Waals surface area contributed by atoms with Gasteiger partial charge in [0.25, 0.3) is 11.8 Å². The number of hydrogen-bond acceptors (Lipinski definition) is 4. The maximum atomic E-state index is 12.2. The molecule has 0 aliphatic heterocycles. The van der Waals surface area contributed by atoms with E-state index in [4.69, 9.17) is 16.3 Å². The van der Waals surface area contributed by atoms with Crippen molar-refractivity contribution in [3.63, 3.8) is 0 Å². The number of rotatable bonds is 5. The Kier molecular flexibility index (Phi) is 6.55. The third-order valence-electron chi connectivity index (χ3n) is 3.25. The van der Waals surface area contributed by atoms with Crippen LogP contribution in [0.3, 0.4) is 0 Å². The third kappa shape index (κ3) is 5.30. The smallest absolute Gasteiger partial charge is 0.273 e. The predicted molar refractivity (Wildman–Crippen MR) is 97.1 cm³/mol. The van der Waals surface area contributed by atoms with Crippen LogP contribution in [0.1, 0.15) is 26.3 Å². The number of benzene rings is 2. The molecule has 0 unspecified atom stereocenters. The van der Waals surface area contributed by atoms with E-state index in [1.807, 2.05) is 0 Å². The lowest BCUT2D eigenvalue weighted by Crippen LogP contribution is -2.41. The zero-order valence-electron chi connectivity index (χ0n) is 13.7. The van der Waals surface area contributed by atoms with Crippen molar-refractivity contribution < 1.29 is 18.5 Å². The molecule has 0 saturated carbocycles. The number of carbonyl (C=O) groups is 2. The maximum Gasteiger partial charge on any atom is 0.273 e. The van der Waals surface area contributed by atoms with Crippen LogP contribution in [0, 0.1) is 0 Å². The van der Waals surface area contributed by atoms with Crippen LogP contribution in [0.15, 0.2) is 42.5 Å². The first-order chi connectivity index (χ1) is 11.9. The van der Waals surface area contributed by atoms with Gasteiger partial charge >= 0.3 is 0 Å². The van der Waals surface area contributed by atoms with Gasteiger partial charge in [0.15, 0.2) is 0 Å². The summed E-state index contributed by atoms with van der Waals surface area (Å²) in [6.45, 7) is 0. The van der Waals surface area contributed by atoms with Gasteiger partial charge in [0.05, 0.1) is 12.7 Å². The van der Waals surface area contributed by atoms with E-state index in [0.29, 0.717) is 22.1 Å². The van der Waals surface area contributed by atoms with Crippen molar-refractivity contribution in [2.75, 3.05) is 13.4 Å². The highest BCUT2D eigenvalue weighted by Crippen LogP contribution is 2.22. The van der Waals surface area contributed by atoms with Crippen LogP contribution < -0.4 is 15.6 Å². The molecule has 0 aromatic heterocycles. The highest BCUT2D eigenvalue weighted by Gasteiger charge is 2.14. The third-order valence-corrected chi connectivity index (χ3v) is 4.23. The van der Waals surface area contributed by atoms with Gasteiger partial charge in [-0.15, -0.1) is 0 Å². The normalized spacial score (nSPS) is 11.5. The van der Waals surface area contributed by atoms with Gasteiger partial charge in [-0.1, -0.05) is 23.7 Å². The number of carbonyl (C=O) groups excluding carboxylic acids is 2. The van der Waals surface area contributed by atoms with Crippen LogP contribution in [0.4, 0.5) is 0 Å². The Labute approximate surface area is 152 Å². The summed E-state index contributed by atoms with van der Waals surface area (Å²) in [4.78, 5) is 24.4. The Morgan fingerprint density at radius 2 is 1.84 bits per heavy atom. The van der Waals surface area contributed by atoms with Gasteiger partial charge in [-0.25, -0.2) is 0 Å². The van der Waals surface area contributed by atoms with Crippen LogP contribution in [0.5, 0.6) is 5.75 Å². The molecule has 2 aromatic carbocycles. The molecule has 0 saturated heterocycles. The highest BCUT2D eigenvalue weighted by molar-refractivity contribution is 7.83. The number of ether oxygens (including phenoxy) is 1. The van der Waals surface area contributed by atoms with Gasteiger partial charge in [-0.2, -0.15) is 0 Å². The van der Waals surface area contributed by atoms with Gasteiger partial charge in [-0.3, -0.25) is 24.6 Å². The van der Waals surface area contributed by atoms with Gasteiger partial charge < -0.3 is 4.74 Å². The number of hydrogen-bond donors (Lipinski definition) is 2. The molecule has 1 atom stereocenters. The standard InChI is InChI=1S/C17H17ClN2O4S/c1-24-15-7-6-13(18)9-14(15)17(22)20-19-16(21)12-5-3-4-11(8-12)10-25(2)23/h3-9H,10H2,1-2H3,(H,19,21)(H,20,22)/t25-/m1/s1. The monoisotopic (exact) mass is 380 g/mol. The number of halogens is 1. The fraction of sp³-hybridized carbons (Fsp3) is 0.176. The first-order valence-corrected chi connectivity index (χ1v) is 9.34. The minimum absolute atomic E-state index is 0.199. The fourth-order valence-corrected chi connectivity index (χ4v) is 2.97. The van der Waals surface area contributed by atoms with E-state index >= 15 is 0 Å². The first-order valence-electron chi connectivity index (χ1n) is 7.24. The maximum absolute atomic E-state index is 12.2. The first kappa shape index (κ1) is 19.0. The molecule has 6 nitrogen and oxygen atoms in total. The van der Waals surface area contributed by atoms with E-state index in [2.05, 4.69) is 10.9 Å². The lowest BCUT2D eigenvalue weighted by Gasteiger charge is -2.11. The zero-order valence-corrected chi connectivity index (χ0v) is 15.2. The summed E-state index contributed by atoms with van der Waals surface area (Å²) in [7, 11) is 0.424. The van der Waals surface area contributed by atoms with E-state index in [9.17, 15) is 13.8 Å². The second-order valence-electron chi connectivity index (χ2n) is 5.17.